The summed E-state index contributed by atoms with van der Waals surface area (Å²) in [4.78, 5) is 0. The molecule has 11 atom stereocenters. The van der Waals surface area contributed by atoms with Crippen LogP contribution in [-0.4, -0.2) is 99.2 Å². The van der Waals surface area contributed by atoms with Crippen LogP contribution in [0.25, 0.3) is 0 Å². The zero-order valence-electron chi connectivity index (χ0n) is 15.2. The van der Waals surface area contributed by atoms with Crippen LogP contribution >= 0.6 is 0 Å². The van der Waals surface area contributed by atoms with Gasteiger partial charge in [0.05, 0.1) is 18.2 Å². The number of aliphatic hydroxyl groups is 5. The van der Waals surface area contributed by atoms with Crippen molar-refractivity contribution < 1.29 is 35.0 Å². The van der Waals surface area contributed by atoms with E-state index in [2.05, 4.69) is 5.32 Å². The Kier molecular flexibility index (Phi) is 7.74. The Balaban J connectivity index is 2.06. The van der Waals surface area contributed by atoms with E-state index in [0.717, 1.165) is 6.42 Å². The minimum Gasteiger partial charge on any atom is -0.391 e. The maximum absolute atomic E-state index is 10.4. The van der Waals surface area contributed by atoms with E-state index in [0.29, 0.717) is 13.0 Å². The Morgan fingerprint density at radius 1 is 1.12 bits per heavy atom. The highest BCUT2D eigenvalue weighted by molar-refractivity contribution is 5.00. The van der Waals surface area contributed by atoms with Gasteiger partial charge in [0.2, 0.25) is 0 Å². The number of rotatable bonds is 6. The van der Waals surface area contributed by atoms with Crippen LogP contribution in [-0.2, 0) is 9.47 Å². The molecule has 2 fully saturated rings. The van der Waals surface area contributed by atoms with Crippen molar-refractivity contribution in [2.24, 2.45) is 11.5 Å². The summed E-state index contributed by atoms with van der Waals surface area (Å²) in [6.07, 6.45) is -8.23. The van der Waals surface area contributed by atoms with Crippen molar-refractivity contribution in [3.63, 3.8) is 0 Å². The average molecular weight is 379 g/mol. The second kappa shape index (κ2) is 9.20. The molecular formula is C16H33N3O7. The molecule has 6 unspecified atom stereocenters. The van der Waals surface area contributed by atoms with E-state index in [1.807, 2.05) is 6.92 Å². The average Bonchev–Trinajstić information content (AvgIpc) is 2.60. The standard InChI is InChI=1S/C16H33N3O7/c1-3-4-19-8-5-7(17)15(12(23)10(8)21)26-16-9(18)11(22)13(24)14(25-16)6(2)20/h6-16,19-24H,3-5,17-18H2,1-2H3/t6?,7?,8?,9-,10+,11?,12?,13-,14?,15+,16+/m0/s1. The molecule has 0 bridgehead atoms. The van der Waals surface area contributed by atoms with E-state index in [9.17, 15) is 25.5 Å². The van der Waals surface area contributed by atoms with Gasteiger partial charge in [0.25, 0.3) is 0 Å². The summed E-state index contributed by atoms with van der Waals surface area (Å²) < 4.78 is 11.2. The van der Waals surface area contributed by atoms with E-state index in [4.69, 9.17) is 20.9 Å². The van der Waals surface area contributed by atoms with Crippen molar-refractivity contribution in [3.8, 4) is 0 Å². The third-order valence-electron chi connectivity index (χ3n) is 5.16. The topological polar surface area (TPSA) is 184 Å². The van der Waals surface area contributed by atoms with Gasteiger partial charge in [0, 0.05) is 12.1 Å². The van der Waals surface area contributed by atoms with E-state index >= 15 is 0 Å². The molecule has 10 heteroatoms. The second-order valence-corrected chi connectivity index (χ2v) is 7.31. The highest BCUT2D eigenvalue weighted by Crippen LogP contribution is 2.28. The van der Waals surface area contributed by atoms with Gasteiger partial charge in [-0.25, -0.2) is 0 Å². The molecule has 1 aliphatic heterocycles. The minimum atomic E-state index is -1.38. The molecule has 1 aliphatic carbocycles. The largest absolute Gasteiger partial charge is 0.391 e. The van der Waals surface area contributed by atoms with Crippen LogP contribution in [0.1, 0.15) is 26.7 Å². The quantitative estimate of drug-likeness (QED) is 0.229. The SMILES string of the molecule is CCCNC1CC(N)[C@@H](O[C@H]2OC(C(C)O)[C@@H](O)C(O)[C@@H]2N)C(O)[C@@H]1O. The lowest BCUT2D eigenvalue weighted by molar-refractivity contribution is -0.301. The molecule has 0 aromatic rings. The Labute approximate surface area is 153 Å². The van der Waals surface area contributed by atoms with Gasteiger partial charge in [-0.05, 0) is 26.3 Å². The van der Waals surface area contributed by atoms with Gasteiger partial charge in [-0.15, -0.1) is 0 Å². The molecule has 154 valence electrons. The minimum absolute atomic E-state index is 0.363. The van der Waals surface area contributed by atoms with Crippen molar-refractivity contribution in [3.05, 3.63) is 0 Å². The highest BCUT2D eigenvalue weighted by atomic mass is 16.7. The lowest BCUT2D eigenvalue weighted by atomic mass is 9.84. The summed E-state index contributed by atoms with van der Waals surface area (Å²) in [5.74, 6) is 0. The Morgan fingerprint density at radius 3 is 2.35 bits per heavy atom. The first-order chi connectivity index (χ1) is 12.2. The lowest BCUT2D eigenvalue weighted by Crippen LogP contribution is -2.68. The van der Waals surface area contributed by atoms with Crippen molar-refractivity contribution in [2.45, 2.75) is 93.8 Å². The first-order valence-corrected chi connectivity index (χ1v) is 9.14. The van der Waals surface area contributed by atoms with Crippen LogP contribution < -0.4 is 16.8 Å². The summed E-state index contributed by atoms with van der Waals surface area (Å²) in [6.45, 7) is 4.08. The summed E-state index contributed by atoms with van der Waals surface area (Å²) >= 11 is 0. The van der Waals surface area contributed by atoms with E-state index in [-0.39, 0.29) is 6.04 Å². The second-order valence-electron chi connectivity index (χ2n) is 7.31. The number of nitrogens with two attached hydrogens (primary N) is 2. The third kappa shape index (κ3) is 4.53. The van der Waals surface area contributed by atoms with Crippen molar-refractivity contribution in [2.75, 3.05) is 6.54 Å². The van der Waals surface area contributed by atoms with Crippen molar-refractivity contribution in [1.82, 2.24) is 5.32 Å². The van der Waals surface area contributed by atoms with Gasteiger partial charge in [0.1, 0.15) is 30.5 Å². The zero-order chi connectivity index (χ0) is 19.6. The highest BCUT2D eigenvalue weighted by Gasteiger charge is 2.49. The number of hydrogen-bond donors (Lipinski definition) is 8. The molecule has 1 saturated carbocycles. The van der Waals surface area contributed by atoms with Gasteiger partial charge in [-0.1, -0.05) is 6.92 Å². The molecule has 10 nitrogen and oxygen atoms in total. The molecule has 1 saturated heterocycles. The van der Waals surface area contributed by atoms with Crippen molar-refractivity contribution >= 4 is 0 Å². The third-order valence-corrected chi connectivity index (χ3v) is 5.16. The van der Waals surface area contributed by atoms with Crippen LogP contribution in [0.2, 0.25) is 0 Å². The smallest absolute Gasteiger partial charge is 0.176 e. The Morgan fingerprint density at radius 2 is 1.77 bits per heavy atom. The number of aliphatic hydroxyl groups excluding tert-OH is 5. The Hall–Kier alpha value is -0.400. The molecule has 0 radical (unpaired) electrons. The normalized spacial score (nSPS) is 48.3. The molecular weight excluding hydrogens is 346 g/mol. The van der Waals surface area contributed by atoms with E-state index < -0.39 is 61.1 Å². The summed E-state index contributed by atoms with van der Waals surface area (Å²) in [6, 6.07) is -2.07. The molecule has 26 heavy (non-hydrogen) atoms. The molecule has 0 aromatic carbocycles. The van der Waals surface area contributed by atoms with Crippen LogP contribution in [0, 0.1) is 0 Å². The fraction of sp³-hybridized carbons (Fsp3) is 1.00. The maximum atomic E-state index is 10.4. The van der Waals surface area contributed by atoms with Gasteiger partial charge in [-0.3, -0.25) is 0 Å². The van der Waals surface area contributed by atoms with Gasteiger partial charge in [0.15, 0.2) is 6.29 Å². The van der Waals surface area contributed by atoms with Gasteiger partial charge >= 0.3 is 0 Å². The summed E-state index contributed by atoms with van der Waals surface area (Å²) in [5.41, 5.74) is 12.0. The Bertz CT molecular complexity index is 444. The zero-order valence-corrected chi connectivity index (χ0v) is 15.2. The summed E-state index contributed by atoms with van der Waals surface area (Å²) in [5, 5.41) is 53.7. The van der Waals surface area contributed by atoms with Gasteiger partial charge in [-0.2, -0.15) is 0 Å². The summed E-state index contributed by atoms with van der Waals surface area (Å²) in [7, 11) is 0. The van der Waals surface area contributed by atoms with Crippen LogP contribution in [0.4, 0.5) is 0 Å². The first-order valence-electron chi connectivity index (χ1n) is 9.14. The molecule has 1 heterocycles. The fourth-order valence-corrected chi connectivity index (χ4v) is 3.55. The van der Waals surface area contributed by atoms with Crippen LogP contribution in [0.3, 0.4) is 0 Å². The van der Waals surface area contributed by atoms with E-state index in [1.165, 1.54) is 6.92 Å². The maximum Gasteiger partial charge on any atom is 0.176 e. The molecule has 0 amide bonds. The fourth-order valence-electron chi connectivity index (χ4n) is 3.55. The predicted octanol–water partition coefficient (Wildman–Crippen LogP) is -3.65. The molecule has 2 rings (SSSR count). The van der Waals surface area contributed by atoms with E-state index in [1.54, 1.807) is 0 Å². The van der Waals surface area contributed by atoms with Crippen LogP contribution in [0.5, 0.6) is 0 Å². The number of ether oxygens (including phenoxy) is 2. The first kappa shape index (κ1) is 21.9. The molecule has 0 spiro atoms. The number of hydrogen-bond acceptors (Lipinski definition) is 10. The number of nitrogens with one attached hydrogen (secondary N) is 1. The molecule has 2 aliphatic rings. The predicted molar refractivity (Wildman–Crippen MR) is 91.9 cm³/mol. The monoisotopic (exact) mass is 379 g/mol. The van der Waals surface area contributed by atoms with Crippen molar-refractivity contribution in [1.29, 1.82) is 0 Å². The molecule has 10 N–H and O–H groups in total. The lowest BCUT2D eigenvalue weighted by Gasteiger charge is -2.47. The molecule has 0 aromatic heterocycles. The van der Waals surface area contributed by atoms with Crippen LogP contribution in [0.15, 0.2) is 0 Å². The van der Waals surface area contributed by atoms with Gasteiger partial charge < -0.3 is 51.8 Å².